The normalized spacial score (nSPS) is 20.9. The molecule has 2 saturated heterocycles. The van der Waals surface area contributed by atoms with Crippen LogP contribution in [0.4, 0.5) is 10.5 Å². The Labute approximate surface area is 207 Å². The van der Waals surface area contributed by atoms with Crippen LogP contribution in [0.3, 0.4) is 0 Å². The molecule has 2 aliphatic rings. The molecule has 0 bridgehead atoms. The van der Waals surface area contributed by atoms with E-state index in [1.807, 2.05) is 16.8 Å². The maximum absolute atomic E-state index is 12.9. The van der Waals surface area contributed by atoms with E-state index in [1.54, 1.807) is 13.2 Å². The minimum absolute atomic E-state index is 0.112. The van der Waals surface area contributed by atoms with Crippen LogP contribution in [0.1, 0.15) is 42.5 Å². The zero-order valence-electron chi connectivity index (χ0n) is 20.5. The van der Waals surface area contributed by atoms with Crippen LogP contribution in [0, 0.1) is 0 Å². The molecule has 0 radical (unpaired) electrons. The van der Waals surface area contributed by atoms with Crippen molar-refractivity contribution >= 4 is 29.2 Å². The predicted molar refractivity (Wildman–Crippen MR) is 134 cm³/mol. The molecule has 1 aromatic rings. The number of carbonyl (C=O) groups excluding carboxylic acids is 2. The fourth-order valence-corrected chi connectivity index (χ4v) is 4.84. The van der Waals surface area contributed by atoms with Gasteiger partial charge in [0, 0.05) is 52.9 Å². The van der Waals surface area contributed by atoms with Crippen molar-refractivity contribution in [3.63, 3.8) is 0 Å². The first-order chi connectivity index (χ1) is 16.3. The minimum atomic E-state index is -0.259. The standard InChI is InChI=1S/C24H38ClN5O4/c1-28(24(32)30-11-6-7-12-30)9-4-5-10-29-13-8-20(22(16-29)34-3)27-23(31)17-14-18(25)19(26)15-21(17)33-2/h14-15,20,22H,4-13,16,26H2,1-3H3,(H,27,31)/t20-,22+/m1/s1. The molecular formula is C24H38ClN5O4. The van der Waals surface area contributed by atoms with Crippen molar-refractivity contribution in [1.29, 1.82) is 0 Å². The van der Waals surface area contributed by atoms with E-state index >= 15 is 0 Å². The smallest absolute Gasteiger partial charge is 0.319 e. The fourth-order valence-electron chi connectivity index (χ4n) is 4.68. The van der Waals surface area contributed by atoms with E-state index < -0.39 is 0 Å². The molecule has 9 nitrogen and oxygen atoms in total. The van der Waals surface area contributed by atoms with Crippen molar-refractivity contribution in [2.75, 3.05) is 66.3 Å². The van der Waals surface area contributed by atoms with Crippen molar-refractivity contribution in [2.24, 2.45) is 0 Å². The number of anilines is 1. The van der Waals surface area contributed by atoms with Gasteiger partial charge in [-0.2, -0.15) is 0 Å². The van der Waals surface area contributed by atoms with Crippen LogP contribution in [0.5, 0.6) is 5.75 Å². The molecule has 0 aromatic heterocycles. The third-order valence-corrected chi connectivity index (χ3v) is 7.07. The van der Waals surface area contributed by atoms with E-state index in [0.717, 1.165) is 71.4 Å². The zero-order valence-corrected chi connectivity index (χ0v) is 21.3. The molecule has 0 aliphatic carbocycles. The van der Waals surface area contributed by atoms with Crippen molar-refractivity contribution in [3.05, 3.63) is 22.7 Å². The number of nitrogens with two attached hydrogens (primary N) is 1. The number of urea groups is 1. The van der Waals surface area contributed by atoms with Crippen molar-refractivity contribution in [2.45, 2.75) is 44.2 Å². The van der Waals surface area contributed by atoms with E-state index in [9.17, 15) is 9.59 Å². The second-order valence-electron chi connectivity index (χ2n) is 9.12. The first-order valence-corrected chi connectivity index (χ1v) is 12.4. The third kappa shape index (κ3) is 6.67. The minimum Gasteiger partial charge on any atom is -0.496 e. The average molecular weight is 496 g/mol. The number of benzene rings is 1. The number of nitrogens with zero attached hydrogens (tertiary/aromatic N) is 3. The van der Waals surface area contributed by atoms with Crippen molar-refractivity contribution in [1.82, 2.24) is 20.0 Å². The van der Waals surface area contributed by atoms with Gasteiger partial charge in [-0.1, -0.05) is 11.6 Å². The van der Waals surface area contributed by atoms with E-state index in [2.05, 4.69) is 10.2 Å². The number of piperidine rings is 1. The van der Waals surface area contributed by atoms with Gasteiger partial charge in [-0.3, -0.25) is 4.79 Å². The molecule has 3 N–H and O–H groups in total. The number of carbonyl (C=O) groups is 2. The largest absolute Gasteiger partial charge is 0.496 e. The Morgan fingerprint density at radius 3 is 2.62 bits per heavy atom. The molecule has 34 heavy (non-hydrogen) atoms. The second-order valence-corrected chi connectivity index (χ2v) is 9.53. The average Bonchev–Trinajstić information content (AvgIpc) is 3.38. The lowest BCUT2D eigenvalue weighted by molar-refractivity contribution is 0.00590. The Bertz CT molecular complexity index is 849. The number of nitrogens with one attached hydrogen (secondary N) is 1. The van der Waals surface area contributed by atoms with Crippen LogP contribution < -0.4 is 15.8 Å². The van der Waals surface area contributed by atoms with Gasteiger partial charge in [0.05, 0.1) is 35.5 Å². The number of ether oxygens (including phenoxy) is 2. The molecule has 190 valence electrons. The van der Waals surface area contributed by atoms with E-state index in [-0.39, 0.29) is 24.1 Å². The van der Waals surface area contributed by atoms with E-state index in [0.29, 0.717) is 22.0 Å². The summed E-state index contributed by atoms with van der Waals surface area (Å²) in [7, 11) is 5.06. The Hall–Kier alpha value is -2.23. The van der Waals surface area contributed by atoms with Gasteiger partial charge in [0.1, 0.15) is 5.75 Å². The van der Waals surface area contributed by atoms with Gasteiger partial charge >= 0.3 is 6.03 Å². The summed E-state index contributed by atoms with van der Waals surface area (Å²) in [6.07, 6.45) is 4.85. The monoisotopic (exact) mass is 495 g/mol. The highest BCUT2D eigenvalue weighted by Crippen LogP contribution is 2.29. The van der Waals surface area contributed by atoms with Crippen LogP contribution in [0.15, 0.2) is 12.1 Å². The maximum Gasteiger partial charge on any atom is 0.319 e. The van der Waals surface area contributed by atoms with Crippen LogP contribution >= 0.6 is 11.6 Å². The summed E-state index contributed by atoms with van der Waals surface area (Å²) >= 11 is 6.12. The number of unbranched alkanes of at least 4 members (excludes halogenated alkanes) is 1. The second kappa shape index (κ2) is 12.5. The lowest BCUT2D eigenvalue weighted by Crippen LogP contribution is -2.55. The van der Waals surface area contributed by atoms with Gasteiger partial charge in [-0.25, -0.2) is 4.79 Å². The summed E-state index contributed by atoms with van der Waals surface area (Å²) in [5, 5.41) is 3.40. The number of hydrogen-bond donors (Lipinski definition) is 2. The quantitative estimate of drug-likeness (QED) is 0.403. The summed E-state index contributed by atoms with van der Waals surface area (Å²) in [5.41, 5.74) is 6.55. The molecular weight excluding hydrogens is 458 g/mol. The summed E-state index contributed by atoms with van der Waals surface area (Å²) in [6.45, 7) is 5.07. The molecule has 1 aromatic carbocycles. The van der Waals surface area contributed by atoms with Crippen LogP contribution in [0.2, 0.25) is 5.02 Å². The molecule has 0 spiro atoms. The highest BCUT2D eigenvalue weighted by molar-refractivity contribution is 6.33. The predicted octanol–water partition coefficient (Wildman–Crippen LogP) is 2.68. The number of rotatable bonds is 9. The van der Waals surface area contributed by atoms with Gasteiger partial charge in [0.15, 0.2) is 0 Å². The number of methoxy groups -OCH3 is 2. The number of hydrogen-bond acceptors (Lipinski definition) is 6. The number of halogens is 1. The summed E-state index contributed by atoms with van der Waals surface area (Å²) < 4.78 is 11.0. The maximum atomic E-state index is 12.9. The number of amides is 3. The Morgan fingerprint density at radius 1 is 1.21 bits per heavy atom. The number of likely N-dealkylation sites (tertiary alicyclic amines) is 2. The molecule has 3 rings (SSSR count). The Morgan fingerprint density at radius 2 is 1.94 bits per heavy atom. The highest BCUT2D eigenvalue weighted by Gasteiger charge is 2.31. The topological polar surface area (TPSA) is 100 Å². The summed E-state index contributed by atoms with van der Waals surface area (Å²) in [4.78, 5) is 31.5. The number of nitrogen functional groups attached to an aromatic ring is 1. The first-order valence-electron chi connectivity index (χ1n) is 12.0. The van der Waals surface area contributed by atoms with Crippen molar-refractivity contribution in [3.8, 4) is 5.75 Å². The Kier molecular flexibility index (Phi) is 9.67. The fraction of sp³-hybridized carbons (Fsp3) is 0.667. The van der Waals surface area contributed by atoms with Gasteiger partial charge < -0.3 is 35.2 Å². The SMILES string of the molecule is COc1cc(N)c(Cl)cc1C(=O)N[C@@H]1CCN(CCCCN(C)C(=O)N2CCCC2)C[C@@H]1OC. The van der Waals surface area contributed by atoms with Gasteiger partial charge in [-0.05, 0) is 44.7 Å². The molecule has 0 saturated carbocycles. The van der Waals surface area contributed by atoms with Gasteiger partial charge in [0.25, 0.3) is 5.91 Å². The van der Waals surface area contributed by atoms with Crippen molar-refractivity contribution < 1.29 is 19.1 Å². The Balaban J connectivity index is 1.44. The summed E-state index contributed by atoms with van der Waals surface area (Å²) in [6, 6.07) is 3.13. The lowest BCUT2D eigenvalue weighted by Gasteiger charge is -2.38. The van der Waals surface area contributed by atoms with Gasteiger partial charge in [-0.15, -0.1) is 0 Å². The van der Waals surface area contributed by atoms with Crippen LogP contribution in [-0.4, -0.2) is 99.3 Å². The summed E-state index contributed by atoms with van der Waals surface area (Å²) in [5.74, 6) is 0.129. The molecule has 0 unspecified atom stereocenters. The lowest BCUT2D eigenvalue weighted by atomic mass is 10.0. The third-order valence-electron chi connectivity index (χ3n) is 6.75. The molecule has 2 aliphatic heterocycles. The molecule has 10 heteroatoms. The first kappa shape index (κ1) is 26.4. The van der Waals surface area contributed by atoms with Gasteiger partial charge in [0.2, 0.25) is 0 Å². The zero-order chi connectivity index (χ0) is 24.7. The van der Waals surface area contributed by atoms with E-state index in [4.69, 9.17) is 26.8 Å². The van der Waals surface area contributed by atoms with E-state index in [1.165, 1.54) is 13.2 Å². The molecule has 2 atom stereocenters. The molecule has 3 amide bonds. The molecule has 2 fully saturated rings. The van der Waals surface area contributed by atoms with Crippen LogP contribution in [-0.2, 0) is 4.74 Å². The molecule has 2 heterocycles. The van der Waals surface area contributed by atoms with Crippen LogP contribution in [0.25, 0.3) is 0 Å². The highest BCUT2D eigenvalue weighted by atomic mass is 35.5.